The highest BCUT2D eigenvalue weighted by atomic mass is 79.9. The van der Waals surface area contributed by atoms with Crippen LogP contribution in [0.25, 0.3) is 0 Å². The average Bonchev–Trinajstić information content (AvgIpc) is 1.80. The number of aliphatic hydroxyl groups excluding tert-OH is 1. The van der Waals surface area contributed by atoms with Gasteiger partial charge in [-0.2, -0.15) is 26.3 Å². The second kappa shape index (κ2) is 3.30. The topological polar surface area (TPSA) is 20.2 Å². The summed E-state index contributed by atoms with van der Waals surface area (Å²) >= 11 is 1.49. The van der Waals surface area contributed by atoms with Gasteiger partial charge in [-0.3, -0.25) is 0 Å². The van der Waals surface area contributed by atoms with Gasteiger partial charge in [0.25, 0.3) is 0 Å². The quantitative estimate of drug-likeness (QED) is 0.576. The maximum atomic E-state index is 11.9. The van der Waals surface area contributed by atoms with Crippen LogP contribution in [-0.4, -0.2) is 27.9 Å². The van der Waals surface area contributed by atoms with Crippen molar-refractivity contribution in [1.82, 2.24) is 0 Å². The van der Waals surface area contributed by atoms with Gasteiger partial charge < -0.3 is 5.11 Å². The normalized spacial score (nSPS) is 17.3. The first kappa shape index (κ1) is 13.0. The zero-order valence-corrected chi connectivity index (χ0v) is 7.76. The van der Waals surface area contributed by atoms with E-state index in [1.54, 1.807) is 0 Å². The van der Waals surface area contributed by atoms with E-state index in [9.17, 15) is 26.3 Å². The highest BCUT2D eigenvalue weighted by Crippen LogP contribution is 2.51. The standard InChI is InChI=1S/C5H5BrF6O/c1-2(13)3(6,4(7,8)9)5(10,11)12/h2,13H,1H3. The Morgan fingerprint density at radius 3 is 1.23 bits per heavy atom. The SMILES string of the molecule is CC(O)C(Br)(C(F)(F)F)C(F)(F)F. The summed E-state index contributed by atoms with van der Waals surface area (Å²) in [5, 5.41) is 8.46. The summed E-state index contributed by atoms with van der Waals surface area (Å²) < 4.78 is 67.3. The zero-order valence-electron chi connectivity index (χ0n) is 6.17. The number of hydrogen-bond acceptors (Lipinski definition) is 1. The fraction of sp³-hybridized carbons (Fsp3) is 1.00. The lowest BCUT2D eigenvalue weighted by atomic mass is 10.0. The van der Waals surface area contributed by atoms with E-state index in [-0.39, 0.29) is 0 Å². The van der Waals surface area contributed by atoms with E-state index in [1.807, 2.05) is 0 Å². The van der Waals surface area contributed by atoms with E-state index in [4.69, 9.17) is 5.11 Å². The van der Waals surface area contributed by atoms with Crippen LogP contribution >= 0.6 is 15.9 Å². The molecule has 1 N–H and O–H groups in total. The molecule has 0 amide bonds. The van der Waals surface area contributed by atoms with Crippen LogP contribution in [0.3, 0.4) is 0 Å². The molecule has 0 saturated heterocycles. The molecule has 80 valence electrons. The first-order valence-electron chi connectivity index (χ1n) is 2.95. The van der Waals surface area contributed by atoms with E-state index in [0.29, 0.717) is 6.92 Å². The molecule has 0 heterocycles. The molecule has 0 aromatic heterocycles. The lowest BCUT2D eigenvalue weighted by Crippen LogP contribution is -2.58. The predicted molar refractivity (Wildman–Crippen MR) is 35.4 cm³/mol. The van der Waals surface area contributed by atoms with Gasteiger partial charge in [0.15, 0.2) is 0 Å². The van der Waals surface area contributed by atoms with Gasteiger partial charge in [-0.05, 0) is 6.92 Å². The summed E-state index contributed by atoms with van der Waals surface area (Å²) in [6, 6.07) is 0. The molecule has 0 aliphatic carbocycles. The molecule has 0 rings (SSSR count). The molecule has 0 spiro atoms. The number of aliphatic hydroxyl groups is 1. The van der Waals surface area contributed by atoms with Gasteiger partial charge in [-0.25, -0.2) is 0 Å². The van der Waals surface area contributed by atoms with Crippen molar-refractivity contribution in [1.29, 1.82) is 0 Å². The summed E-state index contributed by atoms with van der Waals surface area (Å²) in [4.78, 5) is 0. The summed E-state index contributed by atoms with van der Waals surface area (Å²) in [6.45, 7) is 0.412. The molecule has 0 aromatic rings. The van der Waals surface area contributed by atoms with Crippen LogP contribution in [0.1, 0.15) is 6.92 Å². The summed E-state index contributed by atoms with van der Waals surface area (Å²) in [7, 11) is 0. The third-order valence-electron chi connectivity index (χ3n) is 1.40. The minimum atomic E-state index is -5.60. The Hall–Kier alpha value is 0.0200. The summed E-state index contributed by atoms with van der Waals surface area (Å²) in [5.74, 6) is 0. The average molecular weight is 275 g/mol. The Labute approximate surface area is 77.9 Å². The fourth-order valence-electron chi connectivity index (χ4n) is 0.634. The van der Waals surface area contributed by atoms with Crippen molar-refractivity contribution in [2.24, 2.45) is 0 Å². The molecule has 0 aromatic carbocycles. The first-order valence-corrected chi connectivity index (χ1v) is 3.74. The molecule has 0 bridgehead atoms. The van der Waals surface area contributed by atoms with E-state index in [2.05, 4.69) is 0 Å². The Kier molecular flexibility index (Phi) is 3.31. The lowest BCUT2D eigenvalue weighted by Gasteiger charge is -2.34. The molecule has 8 heteroatoms. The van der Waals surface area contributed by atoms with Gasteiger partial charge in [0, 0.05) is 0 Å². The minimum Gasteiger partial charge on any atom is -0.391 e. The van der Waals surface area contributed by atoms with E-state index >= 15 is 0 Å². The molecule has 0 aliphatic heterocycles. The highest BCUT2D eigenvalue weighted by molar-refractivity contribution is 9.10. The summed E-state index contributed by atoms with van der Waals surface area (Å²) in [5.41, 5.74) is 0. The fourth-order valence-corrected chi connectivity index (χ4v) is 0.634. The third-order valence-corrected chi connectivity index (χ3v) is 2.96. The molecule has 0 aliphatic rings. The van der Waals surface area contributed by atoms with Gasteiger partial charge in [-0.1, -0.05) is 15.9 Å². The smallest absolute Gasteiger partial charge is 0.391 e. The highest BCUT2D eigenvalue weighted by Gasteiger charge is 2.72. The lowest BCUT2D eigenvalue weighted by molar-refractivity contribution is -0.280. The molecular formula is C5H5BrF6O. The van der Waals surface area contributed by atoms with Crippen LogP contribution in [0.4, 0.5) is 26.3 Å². The predicted octanol–water partition coefficient (Wildman–Crippen LogP) is 2.63. The van der Waals surface area contributed by atoms with Gasteiger partial charge in [0.1, 0.15) is 0 Å². The van der Waals surface area contributed by atoms with E-state index in [1.165, 1.54) is 15.9 Å². The van der Waals surface area contributed by atoms with Crippen molar-refractivity contribution < 1.29 is 31.4 Å². The largest absolute Gasteiger partial charge is 0.415 e. The number of rotatable bonds is 1. The van der Waals surface area contributed by atoms with Crippen molar-refractivity contribution in [3.05, 3.63) is 0 Å². The monoisotopic (exact) mass is 274 g/mol. The van der Waals surface area contributed by atoms with Crippen LogP contribution in [0.15, 0.2) is 0 Å². The summed E-state index contributed by atoms with van der Waals surface area (Å²) in [6.07, 6.45) is -13.8. The van der Waals surface area contributed by atoms with E-state index in [0.717, 1.165) is 0 Å². The molecule has 0 fully saturated rings. The number of halogens is 7. The van der Waals surface area contributed by atoms with Crippen LogP contribution in [0.5, 0.6) is 0 Å². The van der Waals surface area contributed by atoms with Crippen molar-refractivity contribution in [2.75, 3.05) is 0 Å². The Bertz CT molecular complexity index is 168. The van der Waals surface area contributed by atoms with Gasteiger partial charge >= 0.3 is 12.4 Å². The molecule has 0 radical (unpaired) electrons. The Balaban J connectivity index is 5.22. The van der Waals surface area contributed by atoms with E-state index < -0.39 is 22.8 Å². The van der Waals surface area contributed by atoms with Gasteiger partial charge in [0.05, 0.1) is 6.10 Å². The van der Waals surface area contributed by atoms with Gasteiger partial charge in [-0.15, -0.1) is 0 Å². The van der Waals surface area contributed by atoms with Crippen molar-refractivity contribution in [2.45, 2.75) is 29.7 Å². The molecule has 1 nitrogen and oxygen atoms in total. The molecule has 0 saturated carbocycles. The van der Waals surface area contributed by atoms with Gasteiger partial charge in [0.2, 0.25) is 4.32 Å². The molecule has 13 heavy (non-hydrogen) atoms. The van der Waals surface area contributed by atoms with Crippen LogP contribution in [-0.2, 0) is 0 Å². The Morgan fingerprint density at radius 2 is 1.23 bits per heavy atom. The second-order valence-electron chi connectivity index (χ2n) is 2.38. The van der Waals surface area contributed by atoms with Crippen molar-refractivity contribution in [3.8, 4) is 0 Å². The Morgan fingerprint density at radius 1 is 1.00 bits per heavy atom. The van der Waals surface area contributed by atoms with Crippen LogP contribution in [0, 0.1) is 0 Å². The zero-order chi connectivity index (χ0) is 11.1. The maximum absolute atomic E-state index is 11.9. The van der Waals surface area contributed by atoms with Crippen molar-refractivity contribution >= 4 is 15.9 Å². The van der Waals surface area contributed by atoms with Crippen molar-refractivity contribution in [3.63, 3.8) is 0 Å². The number of alkyl halides is 7. The third kappa shape index (κ3) is 2.09. The van der Waals surface area contributed by atoms with Crippen LogP contribution < -0.4 is 0 Å². The molecule has 1 atom stereocenters. The molecular weight excluding hydrogens is 270 g/mol. The first-order chi connectivity index (χ1) is 5.44. The number of hydrogen-bond donors (Lipinski definition) is 1. The van der Waals surface area contributed by atoms with Crippen LogP contribution in [0.2, 0.25) is 0 Å². The maximum Gasteiger partial charge on any atom is 0.415 e. The molecule has 1 unspecified atom stereocenters. The minimum absolute atomic E-state index is 0.412. The second-order valence-corrected chi connectivity index (χ2v) is 3.63.